The number of anilines is 1. The summed E-state index contributed by atoms with van der Waals surface area (Å²) in [5.74, 6) is 2.59. The molecule has 0 amide bonds. The van der Waals surface area contributed by atoms with Gasteiger partial charge in [-0.05, 0) is 37.9 Å². The van der Waals surface area contributed by atoms with Crippen molar-refractivity contribution >= 4 is 35.9 Å². The van der Waals surface area contributed by atoms with Gasteiger partial charge in [-0.25, -0.2) is 9.97 Å². The Bertz CT molecular complexity index is 546. The number of nitrogens with zero attached hydrogens (tertiary/aromatic N) is 6. The van der Waals surface area contributed by atoms with E-state index in [1.807, 2.05) is 13.1 Å². The quantitative estimate of drug-likeness (QED) is 0.398. The molecule has 7 nitrogen and oxygen atoms in total. The third-order valence-electron chi connectivity index (χ3n) is 5.08. The summed E-state index contributed by atoms with van der Waals surface area (Å²) in [6, 6.07) is 1.86. The Kier molecular flexibility index (Phi) is 8.83. The third-order valence-corrected chi connectivity index (χ3v) is 5.08. The molecular weight excluding hydrogens is 441 g/mol. The van der Waals surface area contributed by atoms with Gasteiger partial charge in [-0.15, -0.1) is 24.0 Å². The summed E-state index contributed by atoms with van der Waals surface area (Å²) in [6.45, 7) is 10.7. The van der Waals surface area contributed by atoms with Crippen molar-refractivity contribution in [2.45, 2.75) is 19.8 Å². The number of guanidine groups is 1. The van der Waals surface area contributed by atoms with Gasteiger partial charge in [-0.1, -0.05) is 6.92 Å². The maximum Gasteiger partial charge on any atom is 0.225 e. The Morgan fingerprint density at radius 3 is 2.58 bits per heavy atom. The molecule has 146 valence electrons. The van der Waals surface area contributed by atoms with Gasteiger partial charge in [0.25, 0.3) is 0 Å². The summed E-state index contributed by atoms with van der Waals surface area (Å²) >= 11 is 0. The zero-order chi connectivity index (χ0) is 17.5. The zero-order valence-electron chi connectivity index (χ0n) is 16.0. The van der Waals surface area contributed by atoms with Crippen molar-refractivity contribution in [3.63, 3.8) is 0 Å². The van der Waals surface area contributed by atoms with Crippen molar-refractivity contribution < 1.29 is 0 Å². The fraction of sp³-hybridized carbons (Fsp3) is 0.722. The number of hydrogen-bond donors (Lipinski definition) is 1. The standard InChI is InChI=1S/C18H31N7.HI/c1-3-8-23-9-5-16(15-23)14-22-17(19-2)24-10-12-25(13-11-24)18-20-6-4-7-21-18;/h4,6-7,16H,3,5,8-15H2,1-2H3,(H,19,22);1H. The highest BCUT2D eigenvalue weighted by Crippen LogP contribution is 2.16. The Morgan fingerprint density at radius 1 is 1.19 bits per heavy atom. The molecule has 26 heavy (non-hydrogen) atoms. The second-order valence-electron chi connectivity index (χ2n) is 6.91. The van der Waals surface area contributed by atoms with E-state index in [0.717, 1.165) is 50.5 Å². The number of rotatable bonds is 5. The van der Waals surface area contributed by atoms with E-state index in [2.05, 4.69) is 41.9 Å². The van der Waals surface area contributed by atoms with Gasteiger partial charge in [0.1, 0.15) is 0 Å². The maximum absolute atomic E-state index is 4.49. The van der Waals surface area contributed by atoms with Crippen molar-refractivity contribution in [1.82, 2.24) is 25.1 Å². The van der Waals surface area contributed by atoms with Crippen LogP contribution in [-0.4, -0.2) is 85.1 Å². The molecule has 1 aromatic rings. The van der Waals surface area contributed by atoms with Gasteiger partial charge in [0.2, 0.25) is 5.95 Å². The van der Waals surface area contributed by atoms with Crippen LogP contribution in [0.5, 0.6) is 0 Å². The molecule has 2 saturated heterocycles. The minimum Gasteiger partial charge on any atom is -0.356 e. The molecule has 1 aromatic heterocycles. The molecule has 8 heteroatoms. The smallest absolute Gasteiger partial charge is 0.225 e. The number of nitrogens with one attached hydrogen (secondary N) is 1. The highest BCUT2D eigenvalue weighted by Gasteiger charge is 2.24. The second kappa shape index (κ2) is 10.9. The van der Waals surface area contributed by atoms with E-state index < -0.39 is 0 Å². The van der Waals surface area contributed by atoms with Gasteiger partial charge in [0, 0.05) is 58.7 Å². The molecule has 0 aliphatic carbocycles. The van der Waals surface area contributed by atoms with Crippen LogP contribution in [0.4, 0.5) is 5.95 Å². The van der Waals surface area contributed by atoms with Gasteiger partial charge in [-0.2, -0.15) is 0 Å². The normalized spacial score (nSPS) is 21.6. The van der Waals surface area contributed by atoms with Crippen LogP contribution < -0.4 is 10.2 Å². The number of likely N-dealkylation sites (tertiary alicyclic amines) is 1. The summed E-state index contributed by atoms with van der Waals surface area (Å²) in [5, 5.41) is 3.60. The molecule has 0 bridgehead atoms. The molecule has 3 heterocycles. The summed E-state index contributed by atoms with van der Waals surface area (Å²) in [4.78, 5) is 20.4. The first-order valence-electron chi connectivity index (χ1n) is 9.50. The van der Waals surface area contributed by atoms with Crippen LogP contribution in [0.1, 0.15) is 19.8 Å². The number of halogens is 1. The largest absolute Gasteiger partial charge is 0.356 e. The van der Waals surface area contributed by atoms with Crippen LogP contribution in [0.3, 0.4) is 0 Å². The third kappa shape index (κ3) is 5.67. The number of aliphatic imine (C=N–C) groups is 1. The Hall–Kier alpha value is -1.16. The van der Waals surface area contributed by atoms with Crippen LogP contribution in [0.15, 0.2) is 23.5 Å². The van der Waals surface area contributed by atoms with Crippen LogP contribution >= 0.6 is 24.0 Å². The minimum absolute atomic E-state index is 0. The predicted molar refractivity (Wildman–Crippen MR) is 117 cm³/mol. The highest BCUT2D eigenvalue weighted by molar-refractivity contribution is 14.0. The number of hydrogen-bond acceptors (Lipinski definition) is 5. The minimum atomic E-state index is 0. The zero-order valence-corrected chi connectivity index (χ0v) is 18.3. The van der Waals surface area contributed by atoms with Crippen molar-refractivity contribution in [3.05, 3.63) is 18.5 Å². The lowest BCUT2D eigenvalue weighted by Crippen LogP contribution is -2.53. The molecule has 1 N–H and O–H groups in total. The average molecular weight is 473 g/mol. The molecule has 0 spiro atoms. The fourth-order valence-electron chi connectivity index (χ4n) is 3.74. The first kappa shape index (κ1) is 21.1. The molecule has 1 atom stereocenters. The van der Waals surface area contributed by atoms with Crippen LogP contribution in [-0.2, 0) is 0 Å². The lowest BCUT2D eigenvalue weighted by atomic mass is 10.1. The highest BCUT2D eigenvalue weighted by atomic mass is 127. The molecule has 2 aliphatic rings. The number of aromatic nitrogens is 2. The van der Waals surface area contributed by atoms with E-state index in [1.54, 1.807) is 12.4 Å². The fourth-order valence-corrected chi connectivity index (χ4v) is 3.74. The molecular formula is C18H32IN7. The molecule has 0 aromatic carbocycles. The van der Waals surface area contributed by atoms with Crippen molar-refractivity contribution in [1.29, 1.82) is 0 Å². The lowest BCUT2D eigenvalue weighted by molar-refractivity contribution is 0.322. The Balaban J connectivity index is 0.00000243. The molecule has 1 unspecified atom stereocenters. The predicted octanol–water partition coefficient (Wildman–Crippen LogP) is 1.52. The van der Waals surface area contributed by atoms with E-state index in [-0.39, 0.29) is 24.0 Å². The Morgan fingerprint density at radius 2 is 1.92 bits per heavy atom. The van der Waals surface area contributed by atoms with Crippen LogP contribution in [0.2, 0.25) is 0 Å². The first-order valence-corrected chi connectivity index (χ1v) is 9.50. The summed E-state index contributed by atoms with van der Waals surface area (Å²) in [7, 11) is 1.88. The van der Waals surface area contributed by atoms with Crippen LogP contribution in [0.25, 0.3) is 0 Å². The van der Waals surface area contributed by atoms with Gasteiger partial charge >= 0.3 is 0 Å². The SMILES string of the molecule is CCCN1CCC(CNC(=NC)N2CCN(c3ncccn3)CC2)C1.I. The van der Waals surface area contributed by atoms with Crippen molar-refractivity contribution in [2.75, 3.05) is 64.3 Å². The van der Waals surface area contributed by atoms with Crippen molar-refractivity contribution in [2.24, 2.45) is 10.9 Å². The van der Waals surface area contributed by atoms with E-state index in [1.165, 1.54) is 32.5 Å². The van der Waals surface area contributed by atoms with Gasteiger partial charge in [0.15, 0.2) is 5.96 Å². The van der Waals surface area contributed by atoms with E-state index in [9.17, 15) is 0 Å². The Labute approximate surface area is 174 Å². The molecule has 3 rings (SSSR count). The monoisotopic (exact) mass is 473 g/mol. The van der Waals surface area contributed by atoms with Crippen molar-refractivity contribution in [3.8, 4) is 0 Å². The average Bonchev–Trinajstić information content (AvgIpc) is 3.11. The summed E-state index contributed by atoms with van der Waals surface area (Å²) < 4.78 is 0. The molecule has 0 radical (unpaired) electrons. The molecule has 2 aliphatic heterocycles. The maximum atomic E-state index is 4.49. The summed E-state index contributed by atoms with van der Waals surface area (Å²) in [6.07, 6.45) is 6.15. The lowest BCUT2D eigenvalue weighted by Gasteiger charge is -2.36. The van der Waals surface area contributed by atoms with Gasteiger partial charge < -0.3 is 20.0 Å². The van der Waals surface area contributed by atoms with Gasteiger partial charge in [-0.3, -0.25) is 4.99 Å². The first-order chi connectivity index (χ1) is 12.3. The molecule has 0 saturated carbocycles. The van der Waals surface area contributed by atoms with Crippen LogP contribution in [0, 0.1) is 5.92 Å². The van der Waals surface area contributed by atoms with E-state index in [4.69, 9.17) is 0 Å². The van der Waals surface area contributed by atoms with E-state index in [0.29, 0.717) is 0 Å². The van der Waals surface area contributed by atoms with Gasteiger partial charge in [0.05, 0.1) is 0 Å². The second-order valence-corrected chi connectivity index (χ2v) is 6.91. The topological polar surface area (TPSA) is 59.9 Å². The summed E-state index contributed by atoms with van der Waals surface area (Å²) in [5.41, 5.74) is 0. The number of piperazine rings is 1. The molecule has 2 fully saturated rings. The van der Waals surface area contributed by atoms with E-state index >= 15 is 0 Å².